The maximum Gasteiger partial charge on any atom is 0.379 e. The maximum absolute atomic E-state index is 13.9. The van der Waals surface area contributed by atoms with Gasteiger partial charge in [0.1, 0.15) is 6.04 Å². The zero-order valence-corrected chi connectivity index (χ0v) is 12.2. The lowest BCUT2D eigenvalue weighted by Gasteiger charge is -2.22. The van der Waals surface area contributed by atoms with Crippen LogP contribution in [-0.2, 0) is 9.53 Å². The van der Waals surface area contributed by atoms with Crippen LogP contribution in [0.5, 0.6) is 11.5 Å². The molecular weight excluding hydrogens is 284 g/mol. The van der Waals surface area contributed by atoms with Gasteiger partial charge in [0.15, 0.2) is 11.5 Å². The molecule has 0 spiro atoms. The van der Waals surface area contributed by atoms with Gasteiger partial charge in [-0.3, -0.25) is 0 Å². The molecule has 0 saturated carbocycles. The fourth-order valence-electron chi connectivity index (χ4n) is 1.72. The first kappa shape index (κ1) is 17.2. The Labute approximate surface area is 122 Å². The van der Waals surface area contributed by atoms with Gasteiger partial charge in [-0.05, 0) is 31.5 Å². The molecule has 0 aliphatic rings. The lowest BCUT2D eigenvalue weighted by Crippen LogP contribution is -2.41. The summed E-state index contributed by atoms with van der Waals surface area (Å²) in [6, 6.07) is 2.33. The molecule has 118 valence electrons. The minimum Gasteiger partial charge on any atom is -0.493 e. The summed E-state index contributed by atoms with van der Waals surface area (Å²) >= 11 is 0. The summed E-state index contributed by atoms with van der Waals surface area (Å²) in [5.74, 6) is -4.79. The predicted molar refractivity (Wildman–Crippen MR) is 72.7 cm³/mol. The van der Waals surface area contributed by atoms with Gasteiger partial charge in [-0.2, -0.15) is 8.78 Å². The first-order valence-electron chi connectivity index (χ1n) is 6.49. The van der Waals surface area contributed by atoms with Crippen molar-refractivity contribution in [3.8, 4) is 11.5 Å². The first-order valence-corrected chi connectivity index (χ1v) is 6.49. The summed E-state index contributed by atoms with van der Waals surface area (Å²) in [7, 11) is 1.39. The molecule has 5 nitrogen and oxygen atoms in total. The van der Waals surface area contributed by atoms with E-state index in [0.29, 0.717) is 12.4 Å². The van der Waals surface area contributed by atoms with E-state index in [1.54, 1.807) is 6.92 Å². The van der Waals surface area contributed by atoms with Crippen molar-refractivity contribution in [1.82, 2.24) is 0 Å². The molecule has 1 atom stereocenters. The fourth-order valence-corrected chi connectivity index (χ4v) is 1.72. The minimum atomic E-state index is -3.83. The van der Waals surface area contributed by atoms with Gasteiger partial charge in [-0.25, -0.2) is 4.79 Å². The van der Waals surface area contributed by atoms with Gasteiger partial charge < -0.3 is 19.9 Å². The Bertz CT molecular complexity index is 494. The third kappa shape index (κ3) is 3.81. The molecule has 0 aliphatic carbocycles. The molecule has 0 saturated heterocycles. The van der Waals surface area contributed by atoms with Crippen molar-refractivity contribution in [2.24, 2.45) is 5.73 Å². The molecule has 0 amide bonds. The number of alkyl halides is 2. The number of benzene rings is 1. The highest BCUT2D eigenvalue weighted by molar-refractivity contribution is 5.79. The van der Waals surface area contributed by atoms with Gasteiger partial charge in [-0.15, -0.1) is 0 Å². The van der Waals surface area contributed by atoms with E-state index in [2.05, 4.69) is 4.74 Å². The first-order chi connectivity index (χ1) is 9.88. The average molecular weight is 303 g/mol. The second kappa shape index (κ2) is 7.21. The van der Waals surface area contributed by atoms with Crippen LogP contribution in [0.3, 0.4) is 0 Å². The molecule has 0 heterocycles. The Balaban J connectivity index is 3.06. The number of rotatable bonds is 7. The van der Waals surface area contributed by atoms with E-state index in [1.165, 1.54) is 32.2 Å². The zero-order valence-electron chi connectivity index (χ0n) is 12.2. The molecule has 2 N–H and O–H groups in total. The summed E-state index contributed by atoms with van der Waals surface area (Å²) in [4.78, 5) is 11.3. The zero-order chi connectivity index (χ0) is 16.0. The molecule has 1 aromatic rings. The van der Waals surface area contributed by atoms with Crippen LogP contribution < -0.4 is 15.2 Å². The van der Waals surface area contributed by atoms with E-state index >= 15 is 0 Å². The molecule has 0 aliphatic heterocycles. The number of hydrogen-bond donors (Lipinski definition) is 1. The Morgan fingerprint density at radius 1 is 1.29 bits per heavy atom. The summed E-state index contributed by atoms with van der Waals surface area (Å²) in [5.41, 5.74) is 5.55. The minimum absolute atomic E-state index is 0.0494. The Morgan fingerprint density at radius 2 is 1.95 bits per heavy atom. The summed E-state index contributed by atoms with van der Waals surface area (Å²) in [6.07, 6.45) is 0. The van der Waals surface area contributed by atoms with Gasteiger partial charge >= 0.3 is 11.9 Å². The number of carbonyl (C=O) groups excluding carboxylic acids is 1. The Morgan fingerprint density at radius 3 is 2.48 bits per heavy atom. The van der Waals surface area contributed by atoms with Crippen molar-refractivity contribution in [1.29, 1.82) is 0 Å². The van der Waals surface area contributed by atoms with E-state index in [1.807, 2.05) is 0 Å². The molecule has 0 fully saturated rings. The molecule has 21 heavy (non-hydrogen) atoms. The van der Waals surface area contributed by atoms with E-state index in [9.17, 15) is 13.6 Å². The molecule has 1 aromatic carbocycles. The molecule has 0 radical (unpaired) electrons. The quantitative estimate of drug-likeness (QED) is 0.783. The third-order valence-electron chi connectivity index (χ3n) is 2.78. The second-order valence-corrected chi connectivity index (χ2v) is 4.16. The van der Waals surface area contributed by atoms with Crippen molar-refractivity contribution < 1.29 is 27.8 Å². The second-order valence-electron chi connectivity index (χ2n) is 4.16. The largest absolute Gasteiger partial charge is 0.493 e. The lowest BCUT2D eigenvalue weighted by molar-refractivity contribution is -0.174. The predicted octanol–water partition coefficient (Wildman–Crippen LogP) is 2.29. The highest BCUT2D eigenvalue weighted by atomic mass is 19.3. The average Bonchev–Trinajstić information content (AvgIpc) is 2.47. The van der Waals surface area contributed by atoms with Crippen molar-refractivity contribution in [2.45, 2.75) is 25.8 Å². The number of nitrogens with two attached hydrogens (primary N) is 1. The summed E-state index contributed by atoms with van der Waals surface area (Å²) in [5, 5.41) is 0. The van der Waals surface area contributed by atoms with Crippen molar-refractivity contribution in [2.75, 3.05) is 20.3 Å². The number of hydrogen-bond acceptors (Lipinski definition) is 5. The fraction of sp³-hybridized carbons (Fsp3) is 0.500. The van der Waals surface area contributed by atoms with E-state index in [-0.39, 0.29) is 17.9 Å². The Hall–Kier alpha value is -1.89. The third-order valence-corrected chi connectivity index (χ3v) is 2.78. The van der Waals surface area contributed by atoms with Gasteiger partial charge in [-0.1, -0.05) is 6.07 Å². The van der Waals surface area contributed by atoms with Crippen LogP contribution in [-0.4, -0.2) is 32.2 Å². The number of carbonyl (C=O) groups is 1. The standard InChI is InChI=1S/C14H19F2NO4/c1-4-20-10-7-6-9(8-11(10)19-3)12(17)14(15,16)13(18)21-5-2/h6-8,12H,4-5,17H2,1-3H3/t12-/m0/s1. The highest BCUT2D eigenvalue weighted by Crippen LogP contribution is 2.35. The normalized spacial score (nSPS) is 12.7. The van der Waals surface area contributed by atoms with Gasteiger partial charge in [0.05, 0.1) is 20.3 Å². The molecule has 1 rings (SSSR count). The van der Waals surface area contributed by atoms with Crippen molar-refractivity contribution in [3.63, 3.8) is 0 Å². The molecular formula is C14H19F2NO4. The topological polar surface area (TPSA) is 70.8 Å². The van der Waals surface area contributed by atoms with Crippen LogP contribution in [0.1, 0.15) is 25.5 Å². The Kier molecular flexibility index (Phi) is 5.90. The van der Waals surface area contributed by atoms with Crippen LogP contribution in [0.15, 0.2) is 18.2 Å². The smallest absolute Gasteiger partial charge is 0.379 e. The highest BCUT2D eigenvalue weighted by Gasteiger charge is 2.47. The van der Waals surface area contributed by atoms with Crippen LogP contribution in [0, 0.1) is 0 Å². The monoisotopic (exact) mass is 303 g/mol. The van der Waals surface area contributed by atoms with Gasteiger partial charge in [0, 0.05) is 0 Å². The van der Waals surface area contributed by atoms with Crippen molar-refractivity contribution >= 4 is 5.97 Å². The molecule has 7 heteroatoms. The number of halogens is 2. The van der Waals surface area contributed by atoms with Crippen LogP contribution in [0.2, 0.25) is 0 Å². The van der Waals surface area contributed by atoms with E-state index in [4.69, 9.17) is 15.2 Å². The van der Waals surface area contributed by atoms with Crippen molar-refractivity contribution in [3.05, 3.63) is 23.8 Å². The van der Waals surface area contributed by atoms with E-state index < -0.39 is 17.9 Å². The maximum atomic E-state index is 13.9. The van der Waals surface area contributed by atoms with E-state index in [0.717, 1.165) is 0 Å². The molecule has 0 aromatic heterocycles. The lowest BCUT2D eigenvalue weighted by atomic mass is 10.0. The van der Waals surface area contributed by atoms with Gasteiger partial charge in [0.25, 0.3) is 0 Å². The van der Waals surface area contributed by atoms with Gasteiger partial charge in [0.2, 0.25) is 0 Å². The molecule has 0 unspecified atom stereocenters. The van der Waals surface area contributed by atoms with Crippen LogP contribution in [0.25, 0.3) is 0 Å². The number of methoxy groups -OCH3 is 1. The molecule has 0 bridgehead atoms. The SMILES string of the molecule is CCOC(=O)C(F)(F)[C@@H](N)c1ccc(OCC)c(OC)c1. The number of ether oxygens (including phenoxy) is 3. The summed E-state index contributed by atoms with van der Waals surface area (Å²) in [6.45, 7) is 3.49. The van der Waals surface area contributed by atoms with Crippen LogP contribution in [0.4, 0.5) is 8.78 Å². The van der Waals surface area contributed by atoms with Crippen LogP contribution >= 0.6 is 0 Å². The number of esters is 1. The summed E-state index contributed by atoms with van der Waals surface area (Å²) < 4.78 is 42.5.